The maximum absolute atomic E-state index is 11.9. The summed E-state index contributed by atoms with van der Waals surface area (Å²) in [5.41, 5.74) is -0.381. The van der Waals surface area contributed by atoms with Crippen molar-refractivity contribution in [3.63, 3.8) is 0 Å². The van der Waals surface area contributed by atoms with Crippen LogP contribution in [-0.4, -0.2) is 60.8 Å². The summed E-state index contributed by atoms with van der Waals surface area (Å²) in [4.78, 5) is 38.4. The Labute approximate surface area is 173 Å². The highest BCUT2D eigenvalue weighted by Crippen LogP contribution is 2.67. The highest BCUT2D eigenvalue weighted by atomic mass is 31.3. The molecule has 1 fully saturated rings. The van der Waals surface area contributed by atoms with Crippen molar-refractivity contribution in [2.45, 2.75) is 31.3 Å². The van der Waals surface area contributed by atoms with E-state index in [1.54, 1.807) is 0 Å². The van der Waals surface area contributed by atoms with E-state index in [1.165, 1.54) is 6.92 Å². The fourth-order valence-corrected chi connectivity index (χ4v) is 5.84. The Morgan fingerprint density at radius 1 is 1.00 bits per heavy atom. The van der Waals surface area contributed by atoms with Crippen LogP contribution in [-0.2, 0) is 31.6 Å². The van der Waals surface area contributed by atoms with Crippen molar-refractivity contribution in [1.82, 2.24) is 0 Å². The molecule has 1 aliphatic rings. The maximum Gasteiger partial charge on any atom is 0.536 e. The molecule has 0 aromatic heterocycles. The van der Waals surface area contributed by atoms with Crippen molar-refractivity contribution < 1.29 is 65.9 Å². The fraction of sp³-hybridized carbons (Fsp3) is 0.500. The van der Waals surface area contributed by atoms with Gasteiger partial charge in [-0.05, 0) is 19.1 Å². The largest absolute Gasteiger partial charge is 0.536 e. The molecular formula is C12H18NO15P3. The Morgan fingerprint density at radius 2 is 1.55 bits per heavy atom. The summed E-state index contributed by atoms with van der Waals surface area (Å²) < 4.78 is 57.1. The van der Waals surface area contributed by atoms with Gasteiger partial charge in [0.1, 0.15) is 24.1 Å². The average Bonchev–Trinajstić information content (AvgIpc) is 2.85. The van der Waals surface area contributed by atoms with Gasteiger partial charge in [-0.3, -0.25) is 19.5 Å². The van der Waals surface area contributed by atoms with Crippen molar-refractivity contribution in [3.8, 4) is 5.75 Å². The van der Waals surface area contributed by atoms with Crippen molar-refractivity contribution in [1.29, 1.82) is 0 Å². The quantitative estimate of drug-likeness (QED) is 0.167. The highest BCUT2D eigenvalue weighted by Gasteiger charge is 2.45. The Morgan fingerprint density at radius 3 is 2.03 bits per heavy atom. The van der Waals surface area contributed by atoms with Crippen LogP contribution in [0.4, 0.5) is 5.69 Å². The number of aliphatic hydroxyl groups is 2. The normalized spacial score (nSPS) is 29.5. The number of hydrogen-bond acceptors (Lipinski definition) is 12. The number of aliphatic hydroxyl groups excluding tert-OH is 2. The number of benzene rings is 1. The van der Waals surface area contributed by atoms with Gasteiger partial charge in [-0.1, -0.05) is 0 Å². The molecule has 1 aliphatic heterocycles. The summed E-state index contributed by atoms with van der Waals surface area (Å²) in [5.74, 6) is -0.472. The van der Waals surface area contributed by atoms with Gasteiger partial charge in [-0.2, -0.15) is 8.62 Å². The van der Waals surface area contributed by atoms with E-state index in [4.69, 9.17) is 4.74 Å². The van der Waals surface area contributed by atoms with Gasteiger partial charge >= 0.3 is 23.5 Å². The molecule has 19 heteroatoms. The van der Waals surface area contributed by atoms with Crippen LogP contribution in [0.15, 0.2) is 24.3 Å². The highest BCUT2D eigenvalue weighted by molar-refractivity contribution is 7.67. The summed E-state index contributed by atoms with van der Waals surface area (Å²) in [6.45, 7) is 0.550. The molecule has 0 amide bonds. The van der Waals surface area contributed by atoms with Crippen LogP contribution in [0, 0.1) is 10.1 Å². The van der Waals surface area contributed by atoms with E-state index in [1.807, 2.05) is 0 Å². The van der Waals surface area contributed by atoms with Crippen LogP contribution in [0.1, 0.15) is 6.92 Å². The lowest BCUT2D eigenvalue weighted by atomic mass is 10.1. The van der Waals surface area contributed by atoms with Gasteiger partial charge < -0.3 is 29.3 Å². The molecule has 0 spiro atoms. The number of phosphoric acid groups is 3. The second-order valence-electron chi connectivity index (χ2n) is 6.07. The van der Waals surface area contributed by atoms with Gasteiger partial charge in [0.15, 0.2) is 0 Å². The summed E-state index contributed by atoms with van der Waals surface area (Å²) in [6.07, 6.45) is -4.90. The van der Waals surface area contributed by atoms with Crippen LogP contribution < -0.4 is 4.52 Å². The standard InChI is InChI=1S/C12H18NO15P3/c1-7-11(14)12(15)10(25-7)6-24-29(18,19)27-31(22,23)28-30(20,21)26-9-4-2-8(3-5-9)13(16)17/h2-5,7,10-12,14-15H,6H2,1H3,(H,18,19)(H,20,21)(H,22,23). The molecule has 1 aromatic rings. The van der Waals surface area contributed by atoms with Crippen LogP contribution in [0.25, 0.3) is 0 Å². The number of nitro benzene ring substituents is 1. The molecule has 1 heterocycles. The van der Waals surface area contributed by atoms with Crippen molar-refractivity contribution in [2.75, 3.05) is 6.61 Å². The van der Waals surface area contributed by atoms with E-state index in [0.717, 1.165) is 24.3 Å². The summed E-state index contributed by atoms with van der Waals surface area (Å²) >= 11 is 0. The molecule has 16 nitrogen and oxygen atoms in total. The number of non-ortho nitro benzene ring substituents is 1. The fourth-order valence-electron chi connectivity index (χ4n) is 2.32. The van der Waals surface area contributed by atoms with Crippen LogP contribution in [0.3, 0.4) is 0 Å². The Kier molecular flexibility index (Phi) is 8.15. The summed E-state index contributed by atoms with van der Waals surface area (Å²) in [6, 6.07) is 3.57. The van der Waals surface area contributed by atoms with Gasteiger partial charge in [-0.15, -0.1) is 0 Å². The SMILES string of the molecule is CC1OC(COP(=O)(O)OP(=O)(O)OP(=O)(O)Oc2ccc([N+](=O)[O-])cc2)C(O)C1O. The average molecular weight is 509 g/mol. The molecule has 7 atom stereocenters. The van der Waals surface area contributed by atoms with E-state index in [-0.39, 0.29) is 5.69 Å². The molecule has 31 heavy (non-hydrogen) atoms. The minimum atomic E-state index is -5.74. The smallest absolute Gasteiger partial charge is 0.404 e. The van der Waals surface area contributed by atoms with Gasteiger partial charge in [-0.25, -0.2) is 13.7 Å². The number of nitro groups is 1. The number of rotatable bonds is 10. The predicted octanol–water partition coefficient (Wildman–Crippen LogP) is 0.834. The van der Waals surface area contributed by atoms with Crippen molar-refractivity contribution >= 4 is 29.2 Å². The number of phosphoric ester groups is 2. The van der Waals surface area contributed by atoms with Crippen LogP contribution in [0.2, 0.25) is 0 Å². The number of hydrogen-bond donors (Lipinski definition) is 5. The molecule has 176 valence electrons. The summed E-state index contributed by atoms with van der Waals surface area (Å²) in [5, 5.41) is 29.8. The Bertz CT molecular complexity index is 938. The third kappa shape index (κ3) is 7.68. The molecule has 5 N–H and O–H groups in total. The van der Waals surface area contributed by atoms with Crippen molar-refractivity contribution in [2.24, 2.45) is 0 Å². The third-order valence-electron chi connectivity index (χ3n) is 3.68. The predicted molar refractivity (Wildman–Crippen MR) is 97.7 cm³/mol. The van der Waals surface area contributed by atoms with E-state index in [9.17, 15) is 48.7 Å². The minimum Gasteiger partial charge on any atom is -0.404 e. The lowest BCUT2D eigenvalue weighted by molar-refractivity contribution is -0.384. The molecule has 0 saturated carbocycles. The van der Waals surface area contributed by atoms with Gasteiger partial charge in [0.05, 0.1) is 17.6 Å². The topological polar surface area (TPSA) is 242 Å². The molecule has 0 bridgehead atoms. The van der Waals surface area contributed by atoms with Crippen molar-refractivity contribution in [3.05, 3.63) is 34.4 Å². The molecule has 1 saturated heterocycles. The number of nitrogens with zero attached hydrogens (tertiary/aromatic N) is 1. The second kappa shape index (κ2) is 9.71. The van der Waals surface area contributed by atoms with Gasteiger partial charge in [0.25, 0.3) is 5.69 Å². The molecule has 7 unspecified atom stereocenters. The summed E-state index contributed by atoms with van der Waals surface area (Å²) in [7, 11) is -16.5. The third-order valence-corrected chi connectivity index (χ3v) is 7.90. The van der Waals surface area contributed by atoms with Gasteiger partial charge in [0.2, 0.25) is 0 Å². The van der Waals surface area contributed by atoms with E-state index >= 15 is 0 Å². The van der Waals surface area contributed by atoms with E-state index in [0.29, 0.717) is 0 Å². The van der Waals surface area contributed by atoms with Crippen LogP contribution >= 0.6 is 23.5 Å². The Balaban J connectivity index is 1.95. The molecule has 2 rings (SSSR count). The molecule has 1 aromatic carbocycles. The maximum atomic E-state index is 11.9. The van der Waals surface area contributed by atoms with Gasteiger partial charge in [0, 0.05) is 12.1 Å². The van der Waals surface area contributed by atoms with Crippen LogP contribution in [0.5, 0.6) is 5.75 Å². The monoisotopic (exact) mass is 509 g/mol. The zero-order chi connectivity index (χ0) is 23.6. The minimum absolute atomic E-state index is 0.381. The number of ether oxygens (including phenoxy) is 1. The first kappa shape index (κ1) is 26.0. The zero-order valence-corrected chi connectivity index (χ0v) is 18.1. The first-order valence-corrected chi connectivity index (χ1v) is 12.6. The van der Waals surface area contributed by atoms with E-state index in [2.05, 4.69) is 17.7 Å². The Hall–Kier alpha value is -1.25. The first-order valence-electron chi connectivity index (χ1n) is 8.12. The van der Waals surface area contributed by atoms with E-state index < -0.39 is 65.2 Å². The lowest BCUT2D eigenvalue weighted by Crippen LogP contribution is -2.33. The molecule has 0 radical (unpaired) electrons. The molecule has 0 aliphatic carbocycles. The zero-order valence-electron chi connectivity index (χ0n) is 15.4. The lowest BCUT2D eigenvalue weighted by Gasteiger charge is -2.20. The molecular weight excluding hydrogens is 491 g/mol. The second-order valence-corrected chi connectivity index (χ2v) is 10.6. The first-order chi connectivity index (χ1) is 14.1.